The van der Waals surface area contributed by atoms with Crippen molar-refractivity contribution in [2.24, 2.45) is 0 Å². The standard InChI is InChI=1S/C17H28N2OS/c1-12(2)19-16(20)13(3)21-15-9-7-8-14(10-15)11-18-17(4,5)6/h7-10,12-13,18H,11H2,1-6H3,(H,19,20). The van der Waals surface area contributed by atoms with Crippen LogP contribution < -0.4 is 10.6 Å². The summed E-state index contributed by atoms with van der Waals surface area (Å²) in [7, 11) is 0. The summed E-state index contributed by atoms with van der Waals surface area (Å²) in [4.78, 5) is 13.1. The molecule has 0 saturated carbocycles. The molecule has 0 aromatic heterocycles. The van der Waals surface area contributed by atoms with Crippen molar-refractivity contribution >= 4 is 17.7 Å². The van der Waals surface area contributed by atoms with E-state index in [0.717, 1.165) is 11.4 Å². The molecule has 1 aromatic carbocycles. The predicted octanol–water partition coefficient (Wildman–Crippen LogP) is 3.58. The summed E-state index contributed by atoms with van der Waals surface area (Å²) in [5.74, 6) is 0.0909. The Balaban J connectivity index is 2.62. The monoisotopic (exact) mass is 308 g/mol. The number of carbonyl (C=O) groups is 1. The summed E-state index contributed by atoms with van der Waals surface area (Å²) in [6, 6.07) is 8.56. The van der Waals surface area contributed by atoms with E-state index >= 15 is 0 Å². The molecule has 0 bridgehead atoms. The molecule has 0 aliphatic rings. The molecule has 3 nitrogen and oxygen atoms in total. The lowest BCUT2D eigenvalue weighted by molar-refractivity contribution is -0.120. The fourth-order valence-corrected chi connectivity index (χ4v) is 2.72. The van der Waals surface area contributed by atoms with Crippen molar-refractivity contribution in [3.63, 3.8) is 0 Å². The first kappa shape index (κ1) is 18.1. The third-order valence-corrected chi connectivity index (χ3v) is 3.93. The van der Waals surface area contributed by atoms with Gasteiger partial charge >= 0.3 is 0 Å². The Morgan fingerprint density at radius 2 is 1.90 bits per heavy atom. The van der Waals surface area contributed by atoms with Crippen molar-refractivity contribution in [3.8, 4) is 0 Å². The molecule has 1 unspecified atom stereocenters. The largest absolute Gasteiger partial charge is 0.353 e. The Morgan fingerprint density at radius 1 is 1.24 bits per heavy atom. The summed E-state index contributed by atoms with van der Waals surface area (Å²) in [5.41, 5.74) is 1.35. The van der Waals surface area contributed by atoms with Crippen LogP contribution in [0, 0.1) is 0 Å². The van der Waals surface area contributed by atoms with Crippen LogP contribution in [0.2, 0.25) is 0 Å². The summed E-state index contributed by atoms with van der Waals surface area (Å²) < 4.78 is 0. The minimum absolute atomic E-state index is 0.0850. The van der Waals surface area contributed by atoms with Gasteiger partial charge in [-0.05, 0) is 59.2 Å². The summed E-state index contributed by atoms with van der Waals surface area (Å²) in [6.45, 7) is 13.2. The first-order chi connectivity index (χ1) is 9.67. The van der Waals surface area contributed by atoms with Crippen LogP contribution >= 0.6 is 11.8 Å². The zero-order valence-corrected chi connectivity index (χ0v) is 14.8. The molecule has 118 valence electrons. The van der Waals surface area contributed by atoms with Crippen LogP contribution in [0.15, 0.2) is 29.2 Å². The third-order valence-electron chi connectivity index (χ3n) is 2.83. The number of amides is 1. The highest BCUT2D eigenvalue weighted by Gasteiger charge is 2.15. The van der Waals surface area contributed by atoms with Crippen molar-refractivity contribution in [2.45, 2.75) is 69.8 Å². The first-order valence-electron chi connectivity index (χ1n) is 7.48. The van der Waals surface area contributed by atoms with E-state index in [1.165, 1.54) is 5.56 Å². The normalized spacial score (nSPS) is 13.3. The van der Waals surface area contributed by atoms with Gasteiger partial charge in [-0.2, -0.15) is 0 Å². The highest BCUT2D eigenvalue weighted by molar-refractivity contribution is 8.00. The molecule has 4 heteroatoms. The van der Waals surface area contributed by atoms with E-state index < -0.39 is 0 Å². The lowest BCUT2D eigenvalue weighted by atomic mass is 10.1. The fraction of sp³-hybridized carbons (Fsp3) is 0.588. The Kier molecular flexibility index (Phi) is 6.75. The quantitative estimate of drug-likeness (QED) is 0.789. The number of carbonyl (C=O) groups excluding carboxylic acids is 1. The molecule has 0 fully saturated rings. The van der Waals surface area contributed by atoms with Crippen molar-refractivity contribution in [1.82, 2.24) is 10.6 Å². The van der Waals surface area contributed by atoms with Crippen LogP contribution in [0.25, 0.3) is 0 Å². The summed E-state index contributed by atoms with van der Waals surface area (Å²) in [6.07, 6.45) is 0. The molecule has 1 rings (SSSR count). The minimum Gasteiger partial charge on any atom is -0.353 e. The molecular formula is C17H28N2OS. The summed E-state index contributed by atoms with van der Waals surface area (Å²) >= 11 is 1.60. The molecule has 0 aliphatic carbocycles. The van der Waals surface area contributed by atoms with Crippen LogP contribution in [0.1, 0.15) is 47.1 Å². The fourth-order valence-electron chi connectivity index (χ4n) is 1.76. The molecule has 0 aliphatic heterocycles. The number of hydrogen-bond acceptors (Lipinski definition) is 3. The van der Waals surface area contributed by atoms with E-state index in [4.69, 9.17) is 0 Å². The van der Waals surface area contributed by atoms with Gasteiger partial charge in [0.15, 0.2) is 0 Å². The van der Waals surface area contributed by atoms with E-state index in [0.29, 0.717) is 0 Å². The lowest BCUT2D eigenvalue weighted by Crippen LogP contribution is -2.35. The molecule has 0 spiro atoms. The van der Waals surface area contributed by atoms with Gasteiger partial charge in [0.05, 0.1) is 5.25 Å². The number of thioether (sulfide) groups is 1. The third kappa shape index (κ3) is 7.53. The topological polar surface area (TPSA) is 41.1 Å². The van der Waals surface area contributed by atoms with E-state index in [2.05, 4.69) is 55.7 Å². The van der Waals surface area contributed by atoms with Gasteiger partial charge in [-0.25, -0.2) is 0 Å². The minimum atomic E-state index is -0.0850. The lowest BCUT2D eigenvalue weighted by Gasteiger charge is -2.21. The van der Waals surface area contributed by atoms with Gasteiger partial charge in [0.2, 0.25) is 5.91 Å². The second kappa shape index (κ2) is 7.85. The van der Waals surface area contributed by atoms with Gasteiger partial charge in [0.25, 0.3) is 0 Å². The van der Waals surface area contributed by atoms with E-state index in [1.54, 1.807) is 11.8 Å². The van der Waals surface area contributed by atoms with Crippen LogP contribution in [0.5, 0.6) is 0 Å². The van der Waals surface area contributed by atoms with Crippen LogP contribution in [0.4, 0.5) is 0 Å². The van der Waals surface area contributed by atoms with E-state index in [9.17, 15) is 4.79 Å². The van der Waals surface area contributed by atoms with Gasteiger partial charge in [0.1, 0.15) is 0 Å². The van der Waals surface area contributed by atoms with E-state index in [1.807, 2.05) is 20.8 Å². The molecule has 1 atom stereocenters. The molecule has 0 saturated heterocycles. The van der Waals surface area contributed by atoms with Crippen LogP contribution in [-0.2, 0) is 11.3 Å². The molecule has 1 aromatic rings. The highest BCUT2D eigenvalue weighted by atomic mass is 32.2. The Morgan fingerprint density at radius 3 is 2.48 bits per heavy atom. The van der Waals surface area contributed by atoms with E-state index in [-0.39, 0.29) is 22.7 Å². The van der Waals surface area contributed by atoms with Gasteiger partial charge in [0, 0.05) is 23.0 Å². The second-order valence-electron chi connectivity index (χ2n) is 6.67. The molecule has 0 radical (unpaired) electrons. The zero-order valence-electron chi connectivity index (χ0n) is 14.0. The maximum atomic E-state index is 12.0. The smallest absolute Gasteiger partial charge is 0.233 e. The van der Waals surface area contributed by atoms with Crippen LogP contribution in [-0.4, -0.2) is 22.7 Å². The number of rotatable bonds is 6. The Labute approximate surface area is 133 Å². The zero-order chi connectivity index (χ0) is 16.0. The molecule has 0 heterocycles. The van der Waals surface area contributed by atoms with Crippen molar-refractivity contribution < 1.29 is 4.79 Å². The maximum Gasteiger partial charge on any atom is 0.233 e. The van der Waals surface area contributed by atoms with Crippen molar-refractivity contribution in [2.75, 3.05) is 0 Å². The maximum absolute atomic E-state index is 12.0. The van der Waals surface area contributed by atoms with Gasteiger partial charge < -0.3 is 10.6 Å². The Hall–Kier alpha value is -1.00. The number of hydrogen-bond donors (Lipinski definition) is 2. The average molecular weight is 308 g/mol. The number of benzene rings is 1. The van der Waals surface area contributed by atoms with Crippen molar-refractivity contribution in [3.05, 3.63) is 29.8 Å². The average Bonchev–Trinajstić information content (AvgIpc) is 2.35. The highest BCUT2D eigenvalue weighted by Crippen LogP contribution is 2.24. The molecule has 1 amide bonds. The summed E-state index contributed by atoms with van der Waals surface area (Å²) in [5, 5.41) is 6.34. The van der Waals surface area contributed by atoms with Crippen LogP contribution in [0.3, 0.4) is 0 Å². The molecule has 2 N–H and O–H groups in total. The van der Waals surface area contributed by atoms with Gasteiger partial charge in [-0.15, -0.1) is 11.8 Å². The van der Waals surface area contributed by atoms with Crippen molar-refractivity contribution in [1.29, 1.82) is 0 Å². The predicted molar refractivity (Wildman–Crippen MR) is 91.6 cm³/mol. The molecular weight excluding hydrogens is 280 g/mol. The second-order valence-corrected chi connectivity index (χ2v) is 8.09. The first-order valence-corrected chi connectivity index (χ1v) is 8.36. The SMILES string of the molecule is CC(C)NC(=O)C(C)Sc1cccc(CNC(C)(C)C)c1. The Bertz CT molecular complexity index is 466. The molecule has 21 heavy (non-hydrogen) atoms. The van der Waals surface area contributed by atoms with Gasteiger partial charge in [-0.3, -0.25) is 4.79 Å². The van der Waals surface area contributed by atoms with Gasteiger partial charge in [-0.1, -0.05) is 12.1 Å². The number of nitrogens with one attached hydrogen (secondary N) is 2.